The van der Waals surface area contributed by atoms with Gasteiger partial charge in [0.05, 0.1) is 26.4 Å². The number of hydrogen-bond acceptors (Lipinski definition) is 15. The highest BCUT2D eigenvalue weighted by atomic mass is 31.2. The summed E-state index contributed by atoms with van der Waals surface area (Å²) in [7, 11) is -9.88. The van der Waals surface area contributed by atoms with Crippen LogP contribution >= 0.6 is 15.6 Å². The SMILES string of the molecule is CCC(C)CCCCCCCCC(=O)O[C@H](COC(=O)CCCCCCCCC(C)C)COP(=O)(O)OC[C@H](O)COP(=O)(O)OC[C@@H](COC(=O)CCCCCCCCC(C)C)OC(=O)CCCCCCCCCC(C)C. The van der Waals surface area contributed by atoms with Gasteiger partial charge in [0.2, 0.25) is 0 Å². The molecule has 0 aromatic heterocycles. The van der Waals surface area contributed by atoms with Gasteiger partial charge in [-0.3, -0.25) is 37.3 Å². The predicted octanol–water partition coefficient (Wildman–Crippen LogP) is 15.4. The standard InChI is InChI=1S/C59H114O17P2/c1-9-52(8)38-30-22-15-18-26-34-42-59(64)76-55(46-70-57(62)40-32-24-17-14-21-29-37-51(6)7)48-74-78(67,68)72-44-53(60)43-71-77(65,66)73-47-54(45-69-56(61)39-31-23-16-13-20-28-36-50(4)5)75-58(63)41-33-25-12-10-11-19-27-35-49(2)3/h49-55,60H,9-48H2,1-8H3,(H,65,66)(H,67,68)/t52?,53-,54-,55-/m1/s1. The van der Waals surface area contributed by atoms with E-state index in [0.717, 1.165) is 109 Å². The monoisotopic (exact) mass is 1160 g/mol. The first-order valence-electron chi connectivity index (χ1n) is 30.7. The molecule has 19 heteroatoms. The summed E-state index contributed by atoms with van der Waals surface area (Å²) in [5.74, 6) is 0.621. The lowest BCUT2D eigenvalue weighted by molar-refractivity contribution is -0.161. The van der Waals surface area contributed by atoms with E-state index >= 15 is 0 Å². The highest BCUT2D eigenvalue weighted by Gasteiger charge is 2.30. The highest BCUT2D eigenvalue weighted by Crippen LogP contribution is 2.45. The molecule has 17 nitrogen and oxygen atoms in total. The quantitative estimate of drug-likeness (QED) is 0.0222. The largest absolute Gasteiger partial charge is 0.472 e. The van der Waals surface area contributed by atoms with Crippen molar-refractivity contribution in [1.29, 1.82) is 0 Å². The molecule has 0 amide bonds. The summed E-state index contributed by atoms with van der Waals surface area (Å²) in [6.07, 6.45) is 27.1. The average molecular weight is 1160 g/mol. The summed E-state index contributed by atoms with van der Waals surface area (Å²) in [6.45, 7) is 13.8. The van der Waals surface area contributed by atoms with Crippen LogP contribution in [-0.2, 0) is 65.4 Å². The molecule has 0 heterocycles. The van der Waals surface area contributed by atoms with Crippen molar-refractivity contribution in [3.8, 4) is 0 Å². The number of carbonyl (C=O) groups excluding carboxylic acids is 4. The molecule has 78 heavy (non-hydrogen) atoms. The molecule has 6 atom stereocenters. The van der Waals surface area contributed by atoms with E-state index in [0.29, 0.717) is 43.4 Å². The molecule has 0 rings (SSSR count). The fourth-order valence-corrected chi connectivity index (χ4v) is 10.1. The molecule has 0 aliphatic carbocycles. The van der Waals surface area contributed by atoms with E-state index in [1.807, 2.05) is 0 Å². The van der Waals surface area contributed by atoms with Crippen LogP contribution in [0.25, 0.3) is 0 Å². The maximum absolute atomic E-state index is 12.9. The highest BCUT2D eigenvalue weighted by molar-refractivity contribution is 7.47. The Bertz CT molecular complexity index is 1580. The second kappa shape index (κ2) is 49.7. The summed E-state index contributed by atoms with van der Waals surface area (Å²) in [5, 5.41) is 10.5. The third kappa shape index (κ3) is 52.2. The Balaban J connectivity index is 5.25. The minimum Gasteiger partial charge on any atom is -0.462 e. The van der Waals surface area contributed by atoms with Crippen LogP contribution in [0.2, 0.25) is 0 Å². The minimum absolute atomic E-state index is 0.101. The Hall–Kier alpha value is -1.94. The van der Waals surface area contributed by atoms with Crippen molar-refractivity contribution in [2.24, 2.45) is 23.7 Å². The zero-order valence-electron chi connectivity index (χ0n) is 50.3. The Morgan fingerprint density at radius 1 is 0.359 bits per heavy atom. The smallest absolute Gasteiger partial charge is 0.462 e. The number of carbonyl (C=O) groups is 4. The number of ether oxygens (including phenoxy) is 4. The van der Waals surface area contributed by atoms with E-state index in [2.05, 4.69) is 55.4 Å². The fourth-order valence-electron chi connectivity index (χ4n) is 8.51. The molecule has 0 saturated heterocycles. The number of aliphatic hydroxyl groups excluding tert-OH is 1. The Morgan fingerprint density at radius 2 is 0.615 bits per heavy atom. The molecule has 0 fully saturated rings. The summed E-state index contributed by atoms with van der Waals surface area (Å²) < 4.78 is 67.7. The van der Waals surface area contributed by atoms with Crippen molar-refractivity contribution in [3.05, 3.63) is 0 Å². The number of hydrogen-bond donors (Lipinski definition) is 3. The van der Waals surface area contributed by atoms with Crippen LogP contribution in [-0.4, -0.2) is 96.7 Å². The second-order valence-corrected chi connectivity index (χ2v) is 26.0. The molecule has 0 aromatic carbocycles. The maximum atomic E-state index is 12.9. The number of esters is 4. The van der Waals surface area contributed by atoms with Crippen LogP contribution < -0.4 is 0 Å². The normalized spacial score (nSPS) is 14.9. The van der Waals surface area contributed by atoms with E-state index in [1.54, 1.807) is 0 Å². The van der Waals surface area contributed by atoms with Gasteiger partial charge < -0.3 is 33.8 Å². The van der Waals surface area contributed by atoms with Gasteiger partial charge in [0, 0.05) is 25.7 Å². The third-order valence-electron chi connectivity index (χ3n) is 13.7. The van der Waals surface area contributed by atoms with E-state index in [1.165, 1.54) is 64.2 Å². The topological polar surface area (TPSA) is 237 Å². The molecule has 0 aromatic rings. The number of phosphoric ester groups is 2. The zero-order chi connectivity index (χ0) is 58.3. The average Bonchev–Trinajstić information content (AvgIpc) is 3.38. The van der Waals surface area contributed by atoms with E-state index in [4.69, 9.17) is 37.0 Å². The van der Waals surface area contributed by atoms with Gasteiger partial charge in [-0.25, -0.2) is 9.13 Å². The summed E-state index contributed by atoms with van der Waals surface area (Å²) in [6, 6.07) is 0. The van der Waals surface area contributed by atoms with Crippen molar-refractivity contribution >= 4 is 39.5 Å². The van der Waals surface area contributed by atoms with Gasteiger partial charge in [0.1, 0.15) is 19.3 Å². The first-order chi connectivity index (χ1) is 37.1. The molecule has 0 radical (unpaired) electrons. The Morgan fingerprint density at radius 3 is 0.910 bits per heavy atom. The van der Waals surface area contributed by atoms with Crippen molar-refractivity contribution in [2.45, 2.75) is 292 Å². The van der Waals surface area contributed by atoms with Crippen LogP contribution in [0.4, 0.5) is 0 Å². The van der Waals surface area contributed by atoms with Crippen molar-refractivity contribution < 1.29 is 80.2 Å². The fraction of sp³-hybridized carbons (Fsp3) is 0.932. The first-order valence-corrected chi connectivity index (χ1v) is 33.7. The van der Waals surface area contributed by atoms with Gasteiger partial charge in [-0.2, -0.15) is 0 Å². The minimum atomic E-state index is -4.94. The number of aliphatic hydroxyl groups is 1. The molecular formula is C59H114O17P2. The van der Waals surface area contributed by atoms with Crippen LogP contribution in [0, 0.1) is 23.7 Å². The van der Waals surface area contributed by atoms with Gasteiger partial charge in [0.15, 0.2) is 12.2 Å². The van der Waals surface area contributed by atoms with Crippen molar-refractivity contribution in [2.75, 3.05) is 39.6 Å². The Kier molecular flexibility index (Phi) is 48.4. The molecule has 3 unspecified atom stereocenters. The van der Waals surface area contributed by atoms with Crippen LogP contribution in [0.15, 0.2) is 0 Å². The molecule has 0 spiro atoms. The van der Waals surface area contributed by atoms with Crippen LogP contribution in [0.1, 0.15) is 274 Å². The third-order valence-corrected chi connectivity index (χ3v) is 15.6. The molecule has 0 aliphatic rings. The molecule has 0 bridgehead atoms. The molecule has 0 saturated carbocycles. The predicted molar refractivity (Wildman–Crippen MR) is 307 cm³/mol. The molecule has 462 valence electrons. The van der Waals surface area contributed by atoms with Gasteiger partial charge in [-0.05, 0) is 49.4 Å². The van der Waals surface area contributed by atoms with Gasteiger partial charge in [0.25, 0.3) is 0 Å². The zero-order valence-corrected chi connectivity index (χ0v) is 52.1. The summed E-state index contributed by atoms with van der Waals surface area (Å²) in [5.41, 5.74) is 0. The summed E-state index contributed by atoms with van der Waals surface area (Å²) in [4.78, 5) is 71.9. The van der Waals surface area contributed by atoms with Crippen LogP contribution in [0.3, 0.4) is 0 Å². The number of rotatable bonds is 56. The lowest BCUT2D eigenvalue weighted by Crippen LogP contribution is -2.30. The molecule has 0 aliphatic heterocycles. The van der Waals surface area contributed by atoms with Gasteiger partial charge in [-0.1, -0.05) is 222 Å². The van der Waals surface area contributed by atoms with Gasteiger partial charge >= 0.3 is 39.5 Å². The van der Waals surface area contributed by atoms with E-state index < -0.39 is 97.5 Å². The molecular weight excluding hydrogens is 1040 g/mol. The summed E-state index contributed by atoms with van der Waals surface area (Å²) >= 11 is 0. The van der Waals surface area contributed by atoms with Gasteiger partial charge in [-0.15, -0.1) is 0 Å². The van der Waals surface area contributed by atoms with E-state index in [9.17, 15) is 43.2 Å². The Labute approximate surface area is 473 Å². The lowest BCUT2D eigenvalue weighted by Gasteiger charge is -2.21. The first kappa shape index (κ1) is 76.1. The second-order valence-electron chi connectivity index (χ2n) is 23.1. The van der Waals surface area contributed by atoms with Crippen molar-refractivity contribution in [1.82, 2.24) is 0 Å². The van der Waals surface area contributed by atoms with Crippen molar-refractivity contribution in [3.63, 3.8) is 0 Å². The molecule has 3 N–H and O–H groups in total. The maximum Gasteiger partial charge on any atom is 0.472 e. The number of unbranched alkanes of at least 4 members (excludes halogenated alkanes) is 21. The lowest BCUT2D eigenvalue weighted by atomic mass is 10.00. The van der Waals surface area contributed by atoms with E-state index in [-0.39, 0.29) is 25.7 Å². The van der Waals surface area contributed by atoms with Crippen LogP contribution in [0.5, 0.6) is 0 Å². The number of phosphoric acid groups is 2.